The second-order valence-electron chi connectivity index (χ2n) is 4.87. The summed E-state index contributed by atoms with van der Waals surface area (Å²) in [6.45, 7) is 4.49. The zero-order valence-electron chi connectivity index (χ0n) is 9.58. The lowest BCUT2D eigenvalue weighted by molar-refractivity contribution is -0.158. The summed E-state index contributed by atoms with van der Waals surface area (Å²) < 4.78 is 11.3. The number of hydrogen-bond acceptors (Lipinski definition) is 3. The average Bonchev–Trinajstić information content (AvgIpc) is 2.29. The molecule has 2 aliphatic rings. The smallest absolute Gasteiger partial charge is 0.0730 e. The van der Waals surface area contributed by atoms with E-state index in [0.29, 0.717) is 5.92 Å². The Labute approximate surface area is 91.8 Å². The quantitative estimate of drug-likeness (QED) is 0.761. The molecule has 0 aromatic heterocycles. The molecule has 0 aromatic carbocycles. The van der Waals surface area contributed by atoms with Gasteiger partial charge in [0.15, 0.2) is 0 Å². The molecule has 0 amide bonds. The van der Waals surface area contributed by atoms with E-state index < -0.39 is 0 Å². The second-order valence-corrected chi connectivity index (χ2v) is 4.87. The van der Waals surface area contributed by atoms with Crippen LogP contribution in [0.5, 0.6) is 0 Å². The Morgan fingerprint density at radius 1 is 1.33 bits per heavy atom. The first-order chi connectivity index (χ1) is 7.26. The van der Waals surface area contributed by atoms with Crippen LogP contribution in [0.15, 0.2) is 0 Å². The van der Waals surface area contributed by atoms with Crippen LogP contribution in [0.4, 0.5) is 0 Å². The molecule has 0 radical (unpaired) electrons. The van der Waals surface area contributed by atoms with Crippen molar-refractivity contribution < 1.29 is 14.6 Å². The van der Waals surface area contributed by atoms with E-state index in [9.17, 15) is 5.11 Å². The Hall–Kier alpha value is -0.120. The fraction of sp³-hybridized carbons (Fsp3) is 1.00. The summed E-state index contributed by atoms with van der Waals surface area (Å²) in [5.74, 6) is 0.432. The van der Waals surface area contributed by atoms with Crippen LogP contribution in [0.2, 0.25) is 0 Å². The Morgan fingerprint density at radius 3 is 2.73 bits per heavy atom. The Kier molecular flexibility index (Phi) is 3.65. The predicted octanol–water partition coefficient (Wildman–Crippen LogP) is 1.73. The van der Waals surface area contributed by atoms with Crippen molar-refractivity contribution in [3.63, 3.8) is 0 Å². The summed E-state index contributed by atoms with van der Waals surface area (Å²) in [6.07, 6.45) is 4.74. The van der Waals surface area contributed by atoms with Crippen LogP contribution >= 0.6 is 0 Å². The van der Waals surface area contributed by atoms with Gasteiger partial charge in [0.25, 0.3) is 0 Å². The topological polar surface area (TPSA) is 38.7 Å². The third-order valence-corrected chi connectivity index (χ3v) is 3.90. The maximum absolute atomic E-state index is 9.91. The summed E-state index contributed by atoms with van der Waals surface area (Å²) in [7, 11) is 0. The third kappa shape index (κ3) is 2.52. The van der Waals surface area contributed by atoms with Gasteiger partial charge in [-0.15, -0.1) is 0 Å². The van der Waals surface area contributed by atoms with Gasteiger partial charge in [-0.1, -0.05) is 6.92 Å². The van der Waals surface area contributed by atoms with Gasteiger partial charge in [-0.05, 0) is 38.0 Å². The van der Waals surface area contributed by atoms with E-state index in [1.807, 2.05) is 0 Å². The van der Waals surface area contributed by atoms with E-state index in [4.69, 9.17) is 9.47 Å². The van der Waals surface area contributed by atoms with Crippen molar-refractivity contribution in [1.29, 1.82) is 0 Å². The average molecular weight is 214 g/mol. The van der Waals surface area contributed by atoms with E-state index in [1.165, 1.54) is 0 Å². The van der Waals surface area contributed by atoms with E-state index in [0.717, 1.165) is 51.9 Å². The molecule has 1 spiro atoms. The van der Waals surface area contributed by atoms with Gasteiger partial charge in [-0.25, -0.2) is 0 Å². The molecule has 2 aliphatic heterocycles. The third-order valence-electron chi connectivity index (χ3n) is 3.90. The molecule has 2 atom stereocenters. The molecule has 2 unspecified atom stereocenters. The zero-order chi connectivity index (χ0) is 10.7. The summed E-state index contributed by atoms with van der Waals surface area (Å²) in [5, 5.41) is 9.91. The van der Waals surface area contributed by atoms with E-state index in [2.05, 4.69) is 6.92 Å². The van der Waals surface area contributed by atoms with Gasteiger partial charge >= 0.3 is 0 Å². The first-order valence-electron chi connectivity index (χ1n) is 6.15. The van der Waals surface area contributed by atoms with Crippen LogP contribution in [0.3, 0.4) is 0 Å². The van der Waals surface area contributed by atoms with Gasteiger partial charge in [0.1, 0.15) is 0 Å². The van der Waals surface area contributed by atoms with Crippen LogP contribution in [0.1, 0.15) is 39.0 Å². The highest BCUT2D eigenvalue weighted by Gasteiger charge is 2.40. The highest BCUT2D eigenvalue weighted by molar-refractivity contribution is 4.90. The van der Waals surface area contributed by atoms with E-state index in [-0.39, 0.29) is 11.7 Å². The summed E-state index contributed by atoms with van der Waals surface area (Å²) in [4.78, 5) is 0. The number of aliphatic hydroxyl groups excluding tert-OH is 1. The minimum absolute atomic E-state index is 0.0251. The number of hydrogen-bond donors (Lipinski definition) is 1. The highest BCUT2D eigenvalue weighted by Crippen LogP contribution is 2.38. The van der Waals surface area contributed by atoms with Gasteiger partial charge in [-0.3, -0.25) is 0 Å². The van der Waals surface area contributed by atoms with Gasteiger partial charge < -0.3 is 14.6 Å². The minimum atomic E-state index is -0.145. The molecule has 0 saturated carbocycles. The first-order valence-corrected chi connectivity index (χ1v) is 6.15. The molecule has 3 nitrogen and oxygen atoms in total. The zero-order valence-corrected chi connectivity index (χ0v) is 9.58. The fourth-order valence-electron chi connectivity index (χ4n) is 2.82. The van der Waals surface area contributed by atoms with Crippen LogP contribution in [-0.2, 0) is 9.47 Å². The van der Waals surface area contributed by atoms with Crippen LogP contribution in [0, 0.1) is 5.92 Å². The van der Waals surface area contributed by atoms with Gasteiger partial charge in [-0.2, -0.15) is 0 Å². The van der Waals surface area contributed by atoms with Gasteiger partial charge in [0.2, 0.25) is 0 Å². The van der Waals surface area contributed by atoms with Crippen molar-refractivity contribution in [2.45, 2.75) is 50.7 Å². The Balaban J connectivity index is 1.96. The Bertz CT molecular complexity index is 194. The molecular weight excluding hydrogens is 192 g/mol. The molecule has 2 saturated heterocycles. The highest BCUT2D eigenvalue weighted by atomic mass is 16.5. The SMILES string of the molecule is CCC(O)C1CCOC2(CCOCC2)C1. The molecule has 88 valence electrons. The van der Waals surface area contributed by atoms with Gasteiger partial charge in [0.05, 0.1) is 11.7 Å². The molecule has 2 fully saturated rings. The summed E-state index contributed by atoms with van der Waals surface area (Å²) in [5.41, 5.74) is 0.0251. The second kappa shape index (κ2) is 4.81. The molecular formula is C12H22O3. The number of aliphatic hydroxyl groups is 1. The van der Waals surface area contributed by atoms with E-state index >= 15 is 0 Å². The molecule has 2 heterocycles. The first kappa shape index (κ1) is 11.4. The number of rotatable bonds is 2. The maximum Gasteiger partial charge on any atom is 0.0730 e. The maximum atomic E-state index is 9.91. The lowest BCUT2D eigenvalue weighted by atomic mass is 9.78. The largest absolute Gasteiger partial charge is 0.393 e. The lowest BCUT2D eigenvalue weighted by Gasteiger charge is -2.44. The van der Waals surface area contributed by atoms with Crippen molar-refractivity contribution in [3.8, 4) is 0 Å². The van der Waals surface area contributed by atoms with Crippen molar-refractivity contribution >= 4 is 0 Å². The molecule has 0 aromatic rings. The molecule has 1 N–H and O–H groups in total. The lowest BCUT2D eigenvalue weighted by Crippen LogP contribution is -2.46. The van der Waals surface area contributed by atoms with Gasteiger partial charge in [0, 0.05) is 19.8 Å². The predicted molar refractivity (Wildman–Crippen MR) is 57.8 cm³/mol. The van der Waals surface area contributed by atoms with Crippen molar-refractivity contribution in [1.82, 2.24) is 0 Å². The van der Waals surface area contributed by atoms with Crippen LogP contribution < -0.4 is 0 Å². The normalized spacial score (nSPS) is 32.8. The molecule has 2 rings (SSSR count). The van der Waals surface area contributed by atoms with Crippen molar-refractivity contribution in [2.24, 2.45) is 5.92 Å². The van der Waals surface area contributed by atoms with Crippen molar-refractivity contribution in [2.75, 3.05) is 19.8 Å². The molecule has 0 aliphatic carbocycles. The van der Waals surface area contributed by atoms with Crippen LogP contribution in [-0.4, -0.2) is 36.6 Å². The van der Waals surface area contributed by atoms with E-state index in [1.54, 1.807) is 0 Å². The standard InChI is InChI=1S/C12H22O3/c1-2-11(13)10-3-6-15-12(9-10)4-7-14-8-5-12/h10-11,13H,2-9H2,1H3. The molecule has 3 heteroatoms. The minimum Gasteiger partial charge on any atom is -0.393 e. The number of ether oxygens (including phenoxy) is 2. The molecule has 0 bridgehead atoms. The summed E-state index contributed by atoms with van der Waals surface area (Å²) in [6, 6.07) is 0. The van der Waals surface area contributed by atoms with Crippen molar-refractivity contribution in [3.05, 3.63) is 0 Å². The summed E-state index contributed by atoms with van der Waals surface area (Å²) >= 11 is 0. The molecule has 15 heavy (non-hydrogen) atoms. The fourth-order valence-corrected chi connectivity index (χ4v) is 2.82. The Morgan fingerprint density at radius 2 is 2.07 bits per heavy atom. The monoisotopic (exact) mass is 214 g/mol. The van der Waals surface area contributed by atoms with Crippen LogP contribution in [0.25, 0.3) is 0 Å².